The van der Waals surface area contributed by atoms with Crippen molar-refractivity contribution >= 4 is 41.5 Å². The van der Waals surface area contributed by atoms with Crippen LogP contribution in [0.1, 0.15) is 25.0 Å². The Bertz CT molecular complexity index is 857. The minimum Gasteiger partial charge on any atom is -0.450 e. The van der Waals surface area contributed by atoms with Gasteiger partial charge in [0.2, 0.25) is 5.91 Å². The molecular formula is C21H26ClN3O3. The zero-order chi connectivity index (χ0) is 19.4. The van der Waals surface area contributed by atoms with E-state index in [0.717, 1.165) is 35.3 Å². The number of aryl methyl sites for hydroxylation is 2. The number of halogens is 1. The van der Waals surface area contributed by atoms with Crippen molar-refractivity contribution < 1.29 is 14.3 Å². The molecule has 0 fully saturated rings. The molecule has 0 radical (unpaired) electrons. The summed E-state index contributed by atoms with van der Waals surface area (Å²) in [5, 5.41) is 5.75. The Labute approximate surface area is 171 Å². The molecule has 1 unspecified atom stereocenters. The molecule has 28 heavy (non-hydrogen) atoms. The third-order valence-corrected chi connectivity index (χ3v) is 4.77. The number of hydrogen-bond donors (Lipinski definition) is 2. The monoisotopic (exact) mass is 403 g/mol. The standard InChI is InChI=1S/C21H25N3O3.ClH/c1-4-27-21(26)23-17-12-11-16-10-9-15-7-5-6-8-18(15)24(19(16)13-17)20(25)14(2)22-3;/h5-8,11-14,22H,4,9-10H2,1-3H3,(H,23,26);1H. The van der Waals surface area contributed by atoms with E-state index in [4.69, 9.17) is 4.74 Å². The molecule has 1 heterocycles. The molecule has 3 rings (SSSR count). The van der Waals surface area contributed by atoms with Gasteiger partial charge in [-0.05, 0) is 63.1 Å². The zero-order valence-electron chi connectivity index (χ0n) is 16.3. The molecule has 0 saturated carbocycles. The number of para-hydroxylation sites is 1. The second-order valence-corrected chi connectivity index (χ2v) is 6.50. The number of benzene rings is 2. The summed E-state index contributed by atoms with van der Waals surface area (Å²) >= 11 is 0. The molecule has 0 bridgehead atoms. The van der Waals surface area contributed by atoms with Gasteiger partial charge in [-0.25, -0.2) is 4.79 Å². The van der Waals surface area contributed by atoms with Crippen LogP contribution in [0, 0.1) is 0 Å². The molecule has 0 spiro atoms. The topological polar surface area (TPSA) is 70.7 Å². The van der Waals surface area contributed by atoms with Crippen LogP contribution in [-0.4, -0.2) is 31.7 Å². The highest BCUT2D eigenvalue weighted by Crippen LogP contribution is 2.38. The fourth-order valence-corrected chi connectivity index (χ4v) is 3.24. The molecule has 6 nitrogen and oxygen atoms in total. The molecule has 1 atom stereocenters. The maximum absolute atomic E-state index is 13.2. The molecule has 2 aromatic carbocycles. The number of rotatable bonds is 4. The van der Waals surface area contributed by atoms with Gasteiger partial charge >= 0.3 is 6.09 Å². The van der Waals surface area contributed by atoms with E-state index in [9.17, 15) is 9.59 Å². The lowest BCUT2D eigenvalue weighted by atomic mass is 10.0. The van der Waals surface area contributed by atoms with Crippen molar-refractivity contribution in [3.05, 3.63) is 53.6 Å². The Balaban J connectivity index is 0.00000280. The van der Waals surface area contributed by atoms with Crippen molar-refractivity contribution in [2.45, 2.75) is 32.7 Å². The van der Waals surface area contributed by atoms with Gasteiger partial charge in [0.25, 0.3) is 0 Å². The lowest BCUT2D eigenvalue weighted by Crippen LogP contribution is -2.41. The van der Waals surface area contributed by atoms with Crippen LogP contribution in [0.2, 0.25) is 0 Å². The van der Waals surface area contributed by atoms with E-state index in [0.29, 0.717) is 12.3 Å². The first-order valence-corrected chi connectivity index (χ1v) is 9.21. The molecule has 1 aliphatic heterocycles. The third kappa shape index (κ3) is 4.46. The van der Waals surface area contributed by atoms with Crippen molar-refractivity contribution in [2.75, 3.05) is 23.9 Å². The Morgan fingerprint density at radius 3 is 2.46 bits per heavy atom. The quantitative estimate of drug-likeness (QED) is 0.807. The Kier molecular flexibility index (Phi) is 7.43. The van der Waals surface area contributed by atoms with Gasteiger partial charge in [0.1, 0.15) is 0 Å². The summed E-state index contributed by atoms with van der Waals surface area (Å²) in [6.45, 7) is 3.90. The maximum atomic E-state index is 13.2. The normalized spacial score (nSPS) is 13.3. The number of anilines is 3. The van der Waals surface area contributed by atoms with Gasteiger partial charge in [0.05, 0.1) is 24.0 Å². The number of carbonyl (C=O) groups is 2. The SMILES string of the molecule is CCOC(=O)Nc1ccc2c(c1)N(C(=O)C(C)NC)c1ccccc1CC2.Cl. The number of nitrogens with zero attached hydrogens (tertiary/aromatic N) is 1. The van der Waals surface area contributed by atoms with Crippen molar-refractivity contribution in [1.82, 2.24) is 5.32 Å². The smallest absolute Gasteiger partial charge is 0.411 e. The number of fused-ring (bicyclic) bond motifs is 2. The first-order valence-electron chi connectivity index (χ1n) is 9.21. The van der Waals surface area contributed by atoms with Crippen LogP contribution in [0.15, 0.2) is 42.5 Å². The van der Waals surface area contributed by atoms with E-state index in [1.165, 1.54) is 0 Å². The van der Waals surface area contributed by atoms with E-state index < -0.39 is 6.09 Å². The van der Waals surface area contributed by atoms with E-state index >= 15 is 0 Å². The van der Waals surface area contributed by atoms with Gasteiger partial charge in [0.15, 0.2) is 0 Å². The predicted octanol–water partition coefficient (Wildman–Crippen LogP) is 4.05. The lowest BCUT2D eigenvalue weighted by molar-refractivity contribution is -0.119. The van der Waals surface area contributed by atoms with Crippen LogP contribution in [0.4, 0.5) is 21.9 Å². The molecule has 150 valence electrons. The Hall–Kier alpha value is -2.57. The van der Waals surface area contributed by atoms with Gasteiger partial charge in [0, 0.05) is 5.69 Å². The summed E-state index contributed by atoms with van der Waals surface area (Å²) in [7, 11) is 1.77. The number of amides is 2. The summed E-state index contributed by atoms with van der Waals surface area (Å²) in [5.41, 5.74) is 4.47. The average molecular weight is 404 g/mol. The van der Waals surface area contributed by atoms with Gasteiger partial charge in [-0.1, -0.05) is 24.3 Å². The molecular weight excluding hydrogens is 378 g/mol. The fraction of sp³-hybridized carbons (Fsp3) is 0.333. The van der Waals surface area contributed by atoms with Gasteiger partial charge < -0.3 is 10.1 Å². The van der Waals surface area contributed by atoms with Gasteiger partial charge in [-0.2, -0.15) is 0 Å². The summed E-state index contributed by atoms with van der Waals surface area (Å²) in [4.78, 5) is 26.7. The highest BCUT2D eigenvalue weighted by atomic mass is 35.5. The molecule has 0 saturated heterocycles. The number of carbonyl (C=O) groups excluding carboxylic acids is 2. The summed E-state index contributed by atoms with van der Waals surface area (Å²) < 4.78 is 4.96. The summed E-state index contributed by atoms with van der Waals surface area (Å²) in [6, 6.07) is 13.3. The molecule has 1 aliphatic rings. The fourth-order valence-electron chi connectivity index (χ4n) is 3.24. The average Bonchev–Trinajstić information content (AvgIpc) is 2.83. The van der Waals surface area contributed by atoms with Crippen molar-refractivity contribution in [1.29, 1.82) is 0 Å². The lowest BCUT2D eigenvalue weighted by Gasteiger charge is -2.28. The molecule has 7 heteroatoms. The van der Waals surface area contributed by atoms with Crippen LogP contribution < -0.4 is 15.5 Å². The minimum absolute atomic E-state index is 0. The summed E-state index contributed by atoms with van der Waals surface area (Å²) in [6.07, 6.45) is 1.17. The first kappa shape index (κ1) is 21.7. The zero-order valence-corrected chi connectivity index (χ0v) is 17.1. The molecule has 0 aliphatic carbocycles. The number of hydrogen-bond acceptors (Lipinski definition) is 4. The first-order chi connectivity index (χ1) is 13.0. The number of nitrogens with one attached hydrogen (secondary N) is 2. The van der Waals surface area contributed by atoms with E-state index in [2.05, 4.69) is 16.7 Å². The van der Waals surface area contributed by atoms with Gasteiger partial charge in [-0.3, -0.25) is 15.0 Å². The number of ether oxygens (including phenoxy) is 1. The van der Waals surface area contributed by atoms with Crippen LogP contribution in [0.5, 0.6) is 0 Å². The summed E-state index contributed by atoms with van der Waals surface area (Å²) in [5.74, 6) is -0.0404. The molecule has 0 aromatic heterocycles. The van der Waals surface area contributed by atoms with Gasteiger partial charge in [-0.15, -0.1) is 12.4 Å². The Morgan fingerprint density at radius 2 is 1.79 bits per heavy atom. The Morgan fingerprint density at radius 1 is 1.11 bits per heavy atom. The second-order valence-electron chi connectivity index (χ2n) is 6.50. The third-order valence-electron chi connectivity index (χ3n) is 4.77. The van der Waals surface area contributed by atoms with Crippen LogP contribution in [0.3, 0.4) is 0 Å². The minimum atomic E-state index is -0.507. The molecule has 2 N–H and O–H groups in total. The number of likely N-dealkylation sites (N-methyl/N-ethyl adjacent to an activating group) is 1. The highest BCUT2D eigenvalue weighted by molar-refractivity contribution is 6.05. The van der Waals surface area contributed by atoms with Crippen molar-refractivity contribution in [3.63, 3.8) is 0 Å². The van der Waals surface area contributed by atoms with E-state index in [1.807, 2.05) is 43.3 Å². The molecule has 2 aromatic rings. The maximum Gasteiger partial charge on any atom is 0.411 e. The second kappa shape index (κ2) is 9.57. The molecule has 2 amide bonds. The van der Waals surface area contributed by atoms with E-state index in [-0.39, 0.29) is 24.4 Å². The predicted molar refractivity (Wildman–Crippen MR) is 114 cm³/mol. The highest BCUT2D eigenvalue weighted by Gasteiger charge is 2.28. The van der Waals surface area contributed by atoms with Crippen molar-refractivity contribution in [3.8, 4) is 0 Å². The van der Waals surface area contributed by atoms with Crippen molar-refractivity contribution in [2.24, 2.45) is 0 Å². The largest absolute Gasteiger partial charge is 0.450 e. The van der Waals surface area contributed by atoms with E-state index in [1.54, 1.807) is 18.9 Å². The van der Waals surface area contributed by atoms with Crippen LogP contribution >= 0.6 is 12.4 Å². The van der Waals surface area contributed by atoms with Crippen LogP contribution in [-0.2, 0) is 22.4 Å². The van der Waals surface area contributed by atoms with Crippen LogP contribution in [0.25, 0.3) is 0 Å².